The third-order valence-corrected chi connectivity index (χ3v) is 4.87. The number of thiophene rings is 1. The molecule has 0 bridgehead atoms. The Morgan fingerprint density at radius 2 is 2.20 bits per heavy atom. The molecule has 0 radical (unpaired) electrons. The van der Waals surface area contributed by atoms with Crippen LogP contribution in [-0.4, -0.2) is 17.9 Å². The van der Waals surface area contributed by atoms with E-state index in [-0.39, 0.29) is 11.9 Å². The van der Waals surface area contributed by atoms with Gasteiger partial charge in [0.1, 0.15) is 0 Å². The third-order valence-electron chi connectivity index (χ3n) is 4.13. The lowest BCUT2D eigenvalue weighted by Crippen LogP contribution is -2.34. The number of carbonyl (C=O) groups is 1. The molecule has 1 aromatic carbocycles. The molecule has 1 heterocycles. The zero-order valence-electron chi connectivity index (χ0n) is 11.7. The fourth-order valence-corrected chi connectivity index (χ4v) is 3.67. The van der Waals surface area contributed by atoms with Gasteiger partial charge >= 0.3 is 0 Å². The molecule has 0 fully saturated rings. The Kier molecular flexibility index (Phi) is 3.88. The Morgan fingerprint density at radius 3 is 3.00 bits per heavy atom. The lowest BCUT2D eigenvalue weighted by atomic mass is 9.87. The van der Waals surface area contributed by atoms with Gasteiger partial charge in [0, 0.05) is 7.05 Å². The predicted molar refractivity (Wildman–Crippen MR) is 82.9 cm³/mol. The van der Waals surface area contributed by atoms with Crippen molar-refractivity contribution in [3.8, 4) is 0 Å². The van der Waals surface area contributed by atoms with E-state index in [1.807, 2.05) is 23.4 Å². The van der Waals surface area contributed by atoms with Gasteiger partial charge in [-0.2, -0.15) is 11.3 Å². The van der Waals surface area contributed by atoms with Crippen LogP contribution < -0.4 is 0 Å². The van der Waals surface area contributed by atoms with Crippen molar-refractivity contribution in [1.29, 1.82) is 0 Å². The van der Waals surface area contributed by atoms with E-state index in [2.05, 4.69) is 29.6 Å². The van der Waals surface area contributed by atoms with E-state index in [1.165, 1.54) is 11.1 Å². The number of amides is 1. The molecule has 1 amide bonds. The van der Waals surface area contributed by atoms with Crippen LogP contribution in [0.15, 0.2) is 41.1 Å². The monoisotopic (exact) mass is 285 g/mol. The SMILES string of the molecule is CN(C(=O)Cc1ccsc1)C1CCCc2ccccc21. The highest BCUT2D eigenvalue weighted by Crippen LogP contribution is 2.33. The molecule has 3 rings (SSSR count). The van der Waals surface area contributed by atoms with E-state index in [0.717, 1.165) is 24.8 Å². The number of fused-ring (bicyclic) bond motifs is 1. The van der Waals surface area contributed by atoms with Crippen LogP contribution in [0.2, 0.25) is 0 Å². The van der Waals surface area contributed by atoms with Crippen LogP contribution in [0.5, 0.6) is 0 Å². The standard InChI is InChI=1S/C17H19NOS/c1-18(17(19)11-13-9-10-20-12-13)16-8-4-6-14-5-2-3-7-15(14)16/h2-3,5,7,9-10,12,16H,4,6,8,11H2,1H3. The molecule has 0 saturated heterocycles. The van der Waals surface area contributed by atoms with Crippen LogP contribution in [0, 0.1) is 0 Å². The third kappa shape index (κ3) is 2.63. The number of hydrogen-bond donors (Lipinski definition) is 0. The summed E-state index contributed by atoms with van der Waals surface area (Å²) in [7, 11) is 1.95. The molecule has 1 aliphatic rings. The van der Waals surface area contributed by atoms with Gasteiger partial charge < -0.3 is 4.90 Å². The summed E-state index contributed by atoms with van der Waals surface area (Å²) in [6.07, 6.45) is 3.89. The quantitative estimate of drug-likeness (QED) is 0.839. The Bertz CT molecular complexity index is 591. The van der Waals surface area contributed by atoms with Gasteiger partial charge in [0.15, 0.2) is 0 Å². The molecule has 0 aliphatic heterocycles. The minimum Gasteiger partial charge on any atom is -0.338 e. The Hall–Kier alpha value is -1.61. The van der Waals surface area contributed by atoms with Crippen molar-refractivity contribution in [2.45, 2.75) is 31.7 Å². The van der Waals surface area contributed by atoms with E-state index >= 15 is 0 Å². The highest BCUT2D eigenvalue weighted by molar-refractivity contribution is 7.07. The van der Waals surface area contributed by atoms with Crippen LogP contribution >= 0.6 is 11.3 Å². The summed E-state index contributed by atoms with van der Waals surface area (Å²) in [5.41, 5.74) is 3.86. The van der Waals surface area contributed by atoms with Crippen LogP contribution in [0.1, 0.15) is 35.6 Å². The van der Waals surface area contributed by atoms with Crippen LogP contribution in [-0.2, 0) is 17.6 Å². The van der Waals surface area contributed by atoms with E-state index in [1.54, 1.807) is 11.3 Å². The summed E-state index contributed by atoms with van der Waals surface area (Å²) in [5, 5.41) is 4.08. The van der Waals surface area contributed by atoms with Gasteiger partial charge in [0.25, 0.3) is 0 Å². The lowest BCUT2D eigenvalue weighted by Gasteiger charge is -2.33. The van der Waals surface area contributed by atoms with E-state index in [4.69, 9.17) is 0 Å². The summed E-state index contributed by atoms with van der Waals surface area (Å²) in [6, 6.07) is 10.8. The molecular weight excluding hydrogens is 266 g/mol. The van der Waals surface area contributed by atoms with Crippen molar-refractivity contribution in [3.63, 3.8) is 0 Å². The minimum atomic E-state index is 0.213. The Balaban J connectivity index is 1.77. The summed E-state index contributed by atoms with van der Waals surface area (Å²) < 4.78 is 0. The molecule has 1 atom stereocenters. The molecule has 1 unspecified atom stereocenters. The number of hydrogen-bond acceptors (Lipinski definition) is 2. The molecule has 3 heteroatoms. The Morgan fingerprint density at radius 1 is 1.35 bits per heavy atom. The van der Waals surface area contributed by atoms with Crippen molar-refractivity contribution < 1.29 is 4.79 Å². The topological polar surface area (TPSA) is 20.3 Å². The molecule has 0 saturated carbocycles. The number of carbonyl (C=O) groups excluding carboxylic acids is 1. The number of rotatable bonds is 3. The molecule has 1 aliphatic carbocycles. The van der Waals surface area contributed by atoms with Gasteiger partial charge in [0.2, 0.25) is 5.91 Å². The average molecular weight is 285 g/mol. The van der Waals surface area contributed by atoms with Gasteiger partial charge in [-0.15, -0.1) is 0 Å². The van der Waals surface area contributed by atoms with E-state index in [9.17, 15) is 4.79 Å². The summed E-state index contributed by atoms with van der Waals surface area (Å²) in [6.45, 7) is 0. The summed E-state index contributed by atoms with van der Waals surface area (Å²) >= 11 is 1.65. The maximum absolute atomic E-state index is 12.5. The number of aryl methyl sites for hydroxylation is 1. The highest BCUT2D eigenvalue weighted by Gasteiger charge is 2.26. The first-order chi connectivity index (χ1) is 9.75. The summed E-state index contributed by atoms with van der Waals surface area (Å²) in [5.74, 6) is 0.213. The smallest absolute Gasteiger partial charge is 0.227 e. The number of nitrogens with zero attached hydrogens (tertiary/aromatic N) is 1. The van der Waals surface area contributed by atoms with Gasteiger partial charge in [0.05, 0.1) is 12.5 Å². The van der Waals surface area contributed by atoms with E-state index < -0.39 is 0 Å². The van der Waals surface area contributed by atoms with Crippen LogP contribution in [0.3, 0.4) is 0 Å². The molecule has 104 valence electrons. The second kappa shape index (κ2) is 5.80. The zero-order valence-corrected chi connectivity index (χ0v) is 12.5. The normalized spacial score (nSPS) is 17.6. The first-order valence-corrected chi connectivity index (χ1v) is 8.04. The predicted octanol–water partition coefficient (Wildman–Crippen LogP) is 3.83. The first-order valence-electron chi connectivity index (χ1n) is 7.10. The van der Waals surface area contributed by atoms with E-state index in [0.29, 0.717) is 6.42 Å². The van der Waals surface area contributed by atoms with Gasteiger partial charge in [-0.25, -0.2) is 0 Å². The maximum Gasteiger partial charge on any atom is 0.227 e. The summed E-state index contributed by atoms with van der Waals surface area (Å²) in [4.78, 5) is 14.4. The van der Waals surface area contributed by atoms with Crippen molar-refractivity contribution in [2.24, 2.45) is 0 Å². The molecule has 2 aromatic rings. The molecule has 0 spiro atoms. The van der Waals surface area contributed by atoms with Gasteiger partial charge in [-0.3, -0.25) is 4.79 Å². The molecular formula is C17H19NOS. The molecule has 20 heavy (non-hydrogen) atoms. The fourth-order valence-electron chi connectivity index (χ4n) is 3.00. The van der Waals surface area contributed by atoms with Gasteiger partial charge in [-0.1, -0.05) is 24.3 Å². The first kappa shape index (κ1) is 13.4. The average Bonchev–Trinajstić information content (AvgIpc) is 2.99. The molecule has 1 aromatic heterocycles. The van der Waals surface area contributed by atoms with Crippen LogP contribution in [0.4, 0.5) is 0 Å². The molecule has 2 nitrogen and oxygen atoms in total. The van der Waals surface area contributed by atoms with Crippen LogP contribution in [0.25, 0.3) is 0 Å². The zero-order chi connectivity index (χ0) is 13.9. The van der Waals surface area contributed by atoms with Crippen molar-refractivity contribution in [1.82, 2.24) is 4.90 Å². The lowest BCUT2D eigenvalue weighted by molar-refractivity contribution is -0.131. The highest BCUT2D eigenvalue weighted by atomic mass is 32.1. The fraction of sp³-hybridized carbons (Fsp3) is 0.353. The molecule has 0 N–H and O–H groups in total. The van der Waals surface area contributed by atoms with Crippen molar-refractivity contribution in [2.75, 3.05) is 7.05 Å². The minimum absolute atomic E-state index is 0.213. The second-order valence-electron chi connectivity index (χ2n) is 5.42. The Labute approximate surface area is 124 Å². The maximum atomic E-state index is 12.5. The van der Waals surface area contributed by atoms with Crippen molar-refractivity contribution >= 4 is 17.2 Å². The largest absolute Gasteiger partial charge is 0.338 e. The van der Waals surface area contributed by atoms with Crippen molar-refractivity contribution in [3.05, 3.63) is 57.8 Å². The second-order valence-corrected chi connectivity index (χ2v) is 6.20. The number of likely N-dealkylation sites (N-methyl/N-ethyl adjacent to an activating group) is 1. The number of benzene rings is 1. The van der Waals surface area contributed by atoms with Gasteiger partial charge in [-0.05, 0) is 52.8 Å².